The molecule has 1 aromatic rings. The van der Waals surface area contributed by atoms with Crippen LogP contribution < -0.4 is 5.32 Å². The van der Waals surface area contributed by atoms with Gasteiger partial charge in [0.2, 0.25) is 5.91 Å². The van der Waals surface area contributed by atoms with E-state index in [-0.39, 0.29) is 11.7 Å². The van der Waals surface area contributed by atoms with E-state index < -0.39 is 5.54 Å². The zero-order valence-electron chi connectivity index (χ0n) is 11.4. The molecule has 2 aliphatic rings. The van der Waals surface area contributed by atoms with Crippen molar-refractivity contribution < 1.29 is 4.79 Å². The summed E-state index contributed by atoms with van der Waals surface area (Å²) in [6.45, 7) is 1.81. The molecule has 0 aromatic carbocycles. The first-order valence-corrected chi connectivity index (χ1v) is 7.85. The van der Waals surface area contributed by atoms with Crippen LogP contribution >= 0.6 is 11.8 Å². The minimum absolute atomic E-state index is 0.115. The van der Waals surface area contributed by atoms with Gasteiger partial charge in [-0.1, -0.05) is 11.8 Å². The standard InChI is InChI=1S/C13H17N5OS/c1-13(7-14,9-2-3-9)16-11(19)6-20-12-17-15-8-18(12)10-4-5-10/h8-10H,2-6H2,1H3,(H,16,19). The Labute approximate surface area is 121 Å². The highest BCUT2D eigenvalue weighted by molar-refractivity contribution is 7.99. The average Bonchev–Trinajstić information content (AvgIpc) is 3.34. The summed E-state index contributed by atoms with van der Waals surface area (Å²) in [5.41, 5.74) is -0.720. The van der Waals surface area contributed by atoms with Crippen LogP contribution in [0.3, 0.4) is 0 Å². The lowest BCUT2D eigenvalue weighted by atomic mass is 9.98. The fraction of sp³-hybridized carbons (Fsp3) is 0.692. The lowest BCUT2D eigenvalue weighted by Crippen LogP contribution is -2.47. The van der Waals surface area contributed by atoms with Crippen molar-refractivity contribution in [2.75, 3.05) is 5.75 Å². The molecule has 3 rings (SSSR count). The van der Waals surface area contributed by atoms with E-state index in [4.69, 9.17) is 0 Å². The van der Waals surface area contributed by atoms with Crippen LogP contribution in [0.1, 0.15) is 38.6 Å². The van der Waals surface area contributed by atoms with Crippen LogP contribution in [-0.4, -0.2) is 32.0 Å². The van der Waals surface area contributed by atoms with E-state index >= 15 is 0 Å². The third-order valence-corrected chi connectivity index (χ3v) is 4.80. The molecule has 7 heteroatoms. The van der Waals surface area contributed by atoms with E-state index in [9.17, 15) is 10.1 Å². The number of hydrogen-bond acceptors (Lipinski definition) is 5. The van der Waals surface area contributed by atoms with Gasteiger partial charge in [0.05, 0.1) is 11.8 Å². The van der Waals surface area contributed by atoms with E-state index in [1.54, 1.807) is 13.3 Å². The van der Waals surface area contributed by atoms with Crippen LogP contribution in [-0.2, 0) is 4.79 Å². The van der Waals surface area contributed by atoms with Crippen LogP contribution in [0, 0.1) is 17.2 Å². The van der Waals surface area contributed by atoms with Gasteiger partial charge in [0.25, 0.3) is 0 Å². The molecule has 0 aliphatic heterocycles. The number of hydrogen-bond donors (Lipinski definition) is 1. The third kappa shape index (κ3) is 2.80. The van der Waals surface area contributed by atoms with Crippen molar-refractivity contribution in [1.82, 2.24) is 20.1 Å². The summed E-state index contributed by atoms with van der Waals surface area (Å²) < 4.78 is 2.03. The van der Waals surface area contributed by atoms with Crippen molar-refractivity contribution >= 4 is 17.7 Å². The highest BCUT2D eigenvalue weighted by atomic mass is 32.2. The monoisotopic (exact) mass is 291 g/mol. The van der Waals surface area contributed by atoms with Gasteiger partial charge in [-0.05, 0) is 38.5 Å². The lowest BCUT2D eigenvalue weighted by molar-refractivity contribution is -0.119. The molecule has 1 unspecified atom stereocenters. The Morgan fingerprint density at radius 2 is 2.35 bits per heavy atom. The number of thioether (sulfide) groups is 1. The lowest BCUT2D eigenvalue weighted by Gasteiger charge is -2.22. The molecule has 6 nitrogen and oxygen atoms in total. The largest absolute Gasteiger partial charge is 0.337 e. The maximum Gasteiger partial charge on any atom is 0.231 e. The second kappa shape index (κ2) is 5.09. The summed E-state index contributed by atoms with van der Waals surface area (Å²) in [5, 5.41) is 20.8. The SMILES string of the molecule is CC(C#N)(NC(=O)CSc1nncn1C1CC1)C1CC1. The predicted octanol–water partition coefficient (Wildman–Crippen LogP) is 1.51. The zero-order valence-corrected chi connectivity index (χ0v) is 12.2. The summed E-state index contributed by atoms with van der Waals surface area (Å²) in [5.74, 6) is 0.461. The topological polar surface area (TPSA) is 83.6 Å². The van der Waals surface area contributed by atoms with Gasteiger partial charge in [-0.25, -0.2) is 0 Å². The fourth-order valence-corrected chi connectivity index (χ4v) is 3.06. The van der Waals surface area contributed by atoms with Crippen LogP contribution in [0.25, 0.3) is 0 Å². The van der Waals surface area contributed by atoms with Crippen molar-refractivity contribution in [3.05, 3.63) is 6.33 Å². The first-order valence-electron chi connectivity index (χ1n) is 6.87. The molecule has 0 radical (unpaired) electrons. The van der Waals surface area contributed by atoms with E-state index in [0.29, 0.717) is 12.0 Å². The zero-order chi connectivity index (χ0) is 14.2. The maximum absolute atomic E-state index is 12.0. The number of carbonyl (C=O) groups excluding carboxylic acids is 1. The number of amides is 1. The molecule has 2 fully saturated rings. The van der Waals surface area contributed by atoms with Gasteiger partial charge in [0.15, 0.2) is 5.16 Å². The molecule has 1 amide bonds. The Bertz CT molecular complexity index is 557. The van der Waals surface area contributed by atoms with Crippen molar-refractivity contribution in [2.45, 2.75) is 49.3 Å². The molecule has 2 saturated carbocycles. The van der Waals surface area contributed by atoms with E-state index in [2.05, 4.69) is 21.6 Å². The number of nitriles is 1. The second-order valence-corrected chi connectivity index (χ2v) is 6.62. The maximum atomic E-state index is 12.0. The van der Waals surface area contributed by atoms with E-state index in [0.717, 1.165) is 30.8 Å². The van der Waals surface area contributed by atoms with Crippen molar-refractivity contribution in [3.63, 3.8) is 0 Å². The smallest absolute Gasteiger partial charge is 0.231 e. The quantitative estimate of drug-likeness (QED) is 0.803. The summed E-state index contributed by atoms with van der Waals surface area (Å²) in [4.78, 5) is 12.0. The highest BCUT2D eigenvalue weighted by Gasteiger charge is 2.43. The average molecular weight is 291 g/mol. The molecule has 1 heterocycles. The normalized spacial score (nSPS) is 21.0. The van der Waals surface area contributed by atoms with Crippen LogP contribution in [0.2, 0.25) is 0 Å². The van der Waals surface area contributed by atoms with E-state index in [1.807, 2.05) is 4.57 Å². The number of aromatic nitrogens is 3. The summed E-state index contributed by atoms with van der Waals surface area (Å²) in [7, 11) is 0. The van der Waals surface area contributed by atoms with Gasteiger partial charge in [-0.3, -0.25) is 4.79 Å². The van der Waals surface area contributed by atoms with Gasteiger partial charge in [-0.15, -0.1) is 10.2 Å². The fourth-order valence-electron chi connectivity index (χ4n) is 2.28. The number of carbonyl (C=O) groups is 1. The Kier molecular flexibility index (Phi) is 3.42. The molecule has 1 atom stereocenters. The van der Waals surface area contributed by atoms with Crippen LogP contribution in [0.5, 0.6) is 0 Å². The predicted molar refractivity (Wildman–Crippen MR) is 73.9 cm³/mol. The van der Waals surface area contributed by atoms with Crippen molar-refractivity contribution in [3.8, 4) is 6.07 Å². The van der Waals surface area contributed by atoms with Crippen LogP contribution in [0.4, 0.5) is 0 Å². The molecular weight excluding hydrogens is 274 g/mol. The summed E-state index contributed by atoms with van der Waals surface area (Å²) in [6, 6.07) is 2.74. The molecular formula is C13H17N5OS. The third-order valence-electron chi connectivity index (χ3n) is 3.84. The minimum Gasteiger partial charge on any atom is -0.337 e. The molecule has 0 bridgehead atoms. The first kappa shape index (κ1) is 13.4. The van der Waals surface area contributed by atoms with Crippen molar-refractivity contribution in [2.24, 2.45) is 5.92 Å². The van der Waals surface area contributed by atoms with Gasteiger partial charge in [0, 0.05) is 6.04 Å². The molecule has 1 aromatic heterocycles. The first-order chi connectivity index (χ1) is 9.62. The molecule has 2 aliphatic carbocycles. The Balaban J connectivity index is 1.54. The molecule has 20 heavy (non-hydrogen) atoms. The van der Waals surface area contributed by atoms with Gasteiger partial charge in [0.1, 0.15) is 11.9 Å². The summed E-state index contributed by atoms with van der Waals surface area (Å²) in [6.07, 6.45) is 6.08. The number of rotatable bonds is 6. The van der Waals surface area contributed by atoms with Crippen molar-refractivity contribution in [1.29, 1.82) is 5.26 Å². The van der Waals surface area contributed by atoms with Crippen LogP contribution in [0.15, 0.2) is 11.5 Å². The van der Waals surface area contributed by atoms with Gasteiger partial charge in [-0.2, -0.15) is 5.26 Å². The minimum atomic E-state index is -0.720. The Morgan fingerprint density at radius 1 is 1.60 bits per heavy atom. The van der Waals surface area contributed by atoms with Gasteiger partial charge < -0.3 is 9.88 Å². The highest BCUT2D eigenvalue weighted by Crippen LogP contribution is 2.39. The Morgan fingerprint density at radius 3 is 2.95 bits per heavy atom. The Hall–Kier alpha value is -1.55. The summed E-state index contributed by atoms with van der Waals surface area (Å²) >= 11 is 1.38. The molecule has 106 valence electrons. The molecule has 1 N–H and O–H groups in total. The van der Waals surface area contributed by atoms with Gasteiger partial charge >= 0.3 is 0 Å². The number of nitrogens with zero attached hydrogens (tertiary/aromatic N) is 4. The second-order valence-electron chi connectivity index (χ2n) is 5.68. The number of nitrogens with one attached hydrogen (secondary N) is 1. The molecule has 0 saturated heterocycles. The molecule has 0 spiro atoms. The van der Waals surface area contributed by atoms with E-state index in [1.165, 1.54) is 11.8 Å².